The number of rotatable bonds is 4. The van der Waals surface area contributed by atoms with E-state index in [2.05, 4.69) is 15.3 Å². The van der Waals surface area contributed by atoms with Crippen molar-refractivity contribution in [2.45, 2.75) is 13.3 Å². The summed E-state index contributed by atoms with van der Waals surface area (Å²) in [5.41, 5.74) is 2.23. The van der Waals surface area contributed by atoms with Gasteiger partial charge in [0, 0.05) is 12.2 Å². The number of nitrogens with one attached hydrogen (secondary N) is 1. The molecular formula is C14H14N4O. The van der Waals surface area contributed by atoms with Gasteiger partial charge in [-0.05, 0) is 37.1 Å². The molecule has 0 fully saturated rings. The summed E-state index contributed by atoms with van der Waals surface area (Å²) in [7, 11) is 0. The van der Waals surface area contributed by atoms with Gasteiger partial charge in [-0.15, -0.1) is 0 Å². The van der Waals surface area contributed by atoms with Crippen LogP contribution in [0.3, 0.4) is 0 Å². The normalized spacial score (nSPS) is 9.89. The van der Waals surface area contributed by atoms with Gasteiger partial charge in [-0.2, -0.15) is 5.26 Å². The zero-order valence-electron chi connectivity index (χ0n) is 10.6. The molecule has 0 atom stereocenters. The minimum Gasteiger partial charge on any atom is -0.508 e. The highest BCUT2D eigenvalue weighted by molar-refractivity contribution is 5.33. The second kappa shape index (κ2) is 5.83. The molecule has 0 radical (unpaired) electrons. The fourth-order valence-corrected chi connectivity index (χ4v) is 1.69. The summed E-state index contributed by atoms with van der Waals surface area (Å²) < 4.78 is 0. The molecule has 0 saturated carbocycles. The molecule has 96 valence electrons. The third-order valence-electron chi connectivity index (χ3n) is 2.60. The van der Waals surface area contributed by atoms with E-state index in [1.165, 1.54) is 0 Å². The minimum absolute atomic E-state index is 0.261. The smallest absolute Gasteiger partial charge is 0.224 e. The number of benzene rings is 1. The Morgan fingerprint density at radius 1 is 1.26 bits per heavy atom. The summed E-state index contributed by atoms with van der Waals surface area (Å²) >= 11 is 0. The molecule has 0 aliphatic carbocycles. The maximum atomic E-state index is 9.18. The van der Waals surface area contributed by atoms with Crippen LogP contribution in [0.2, 0.25) is 0 Å². The van der Waals surface area contributed by atoms with Crippen molar-refractivity contribution in [2.24, 2.45) is 0 Å². The Hall–Kier alpha value is -2.61. The van der Waals surface area contributed by atoms with Crippen molar-refractivity contribution in [1.82, 2.24) is 9.97 Å². The first-order chi connectivity index (χ1) is 9.17. The van der Waals surface area contributed by atoms with Gasteiger partial charge in [-0.3, -0.25) is 0 Å². The maximum Gasteiger partial charge on any atom is 0.224 e. The first-order valence-corrected chi connectivity index (χ1v) is 5.95. The lowest BCUT2D eigenvalue weighted by molar-refractivity contribution is 0.475. The molecule has 1 heterocycles. The van der Waals surface area contributed by atoms with Crippen LogP contribution in [0.5, 0.6) is 5.75 Å². The zero-order chi connectivity index (χ0) is 13.7. The van der Waals surface area contributed by atoms with Crippen molar-refractivity contribution >= 4 is 5.95 Å². The average molecular weight is 254 g/mol. The molecule has 0 aliphatic heterocycles. The van der Waals surface area contributed by atoms with Crippen LogP contribution < -0.4 is 5.32 Å². The molecule has 2 aromatic rings. The van der Waals surface area contributed by atoms with E-state index in [1.807, 2.05) is 25.1 Å². The molecule has 5 heteroatoms. The Kier molecular flexibility index (Phi) is 3.94. The first kappa shape index (κ1) is 12.8. The van der Waals surface area contributed by atoms with Gasteiger partial charge >= 0.3 is 0 Å². The number of nitriles is 1. The molecule has 2 N–H and O–H groups in total. The van der Waals surface area contributed by atoms with Gasteiger partial charge in [0.2, 0.25) is 5.95 Å². The van der Waals surface area contributed by atoms with Crippen LogP contribution in [0.4, 0.5) is 5.95 Å². The van der Waals surface area contributed by atoms with Crippen molar-refractivity contribution in [3.8, 4) is 11.8 Å². The number of anilines is 1. The molecule has 0 aliphatic rings. The van der Waals surface area contributed by atoms with Crippen molar-refractivity contribution in [3.05, 3.63) is 47.3 Å². The van der Waals surface area contributed by atoms with E-state index in [0.29, 0.717) is 18.2 Å². The van der Waals surface area contributed by atoms with Crippen molar-refractivity contribution in [3.63, 3.8) is 0 Å². The van der Waals surface area contributed by atoms with E-state index in [1.54, 1.807) is 18.2 Å². The van der Waals surface area contributed by atoms with Gasteiger partial charge < -0.3 is 10.4 Å². The van der Waals surface area contributed by atoms with E-state index in [0.717, 1.165) is 17.7 Å². The Bertz CT molecular complexity index is 602. The largest absolute Gasteiger partial charge is 0.508 e. The summed E-state index contributed by atoms with van der Waals surface area (Å²) in [4.78, 5) is 8.29. The first-order valence-electron chi connectivity index (χ1n) is 5.95. The van der Waals surface area contributed by atoms with E-state index in [-0.39, 0.29) is 5.75 Å². The number of hydrogen-bond donors (Lipinski definition) is 2. The van der Waals surface area contributed by atoms with Crippen molar-refractivity contribution < 1.29 is 5.11 Å². The third kappa shape index (κ3) is 3.68. The van der Waals surface area contributed by atoms with Gasteiger partial charge in [-0.1, -0.05) is 12.1 Å². The number of aromatic nitrogens is 2. The van der Waals surface area contributed by atoms with Crippen LogP contribution in [0.1, 0.15) is 17.0 Å². The van der Waals surface area contributed by atoms with Gasteiger partial charge in [0.1, 0.15) is 17.5 Å². The van der Waals surface area contributed by atoms with E-state index in [9.17, 15) is 5.11 Å². The summed E-state index contributed by atoms with van der Waals surface area (Å²) in [5, 5.41) is 21.1. The Balaban J connectivity index is 1.94. The lowest BCUT2D eigenvalue weighted by Crippen LogP contribution is -2.09. The Morgan fingerprint density at radius 2 is 2.00 bits per heavy atom. The lowest BCUT2D eigenvalue weighted by Gasteiger charge is -2.06. The monoisotopic (exact) mass is 254 g/mol. The molecular weight excluding hydrogens is 240 g/mol. The Labute approximate surface area is 111 Å². The van der Waals surface area contributed by atoms with Gasteiger partial charge in [-0.25, -0.2) is 9.97 Å². The molecule has 0 amide bonds. The predicted molar refractivity (Wildman–Crippen MR) is 71.8 cm³/mol. The summed E-state index contributed by atoms with van der Waals surface area (Å²) in [6.45, 7) is 2.49. The molecule has 0 spiro atoms. The number of hydrogen-bond acceptors (Lipinski definition) is 5. The fraction of sp³-hybridized carbons (Fsp3) is 0.214. The highest BCUT2D eigenvalue weighted by atomic mass is 16.3. The van der Waals surface area contributed by atoms with E-state index >= 15 is 0 Å². The van der Waals surface area contributed by atoms with Crippen molar-refractivity contribution in [2.75, 3.05) is 11.9 Å². The SMILES string of the molecule is Cc1cc(C#N)nc(NCCc2ccc(O)cc2)n1. The second-order valence-electron chi connectivity index (χ2n) is 4.17. The molecule has 0 saturated heterocycles. The maximum absolute atomic E-state index is 9.18. The van der Waals surface area contributed by atoms with E-state index in [4.69, 9.17) is 5.26 Å². The molecule has 0 bridgehead atoms. The molecule has 5 nitrogen and oxygen atoms in total. The molecule has 2 rings (SSSR count). The van der Waals surface area contributed by atoms with Gasteiger partial charge in [0.15, 0.2) is 0 Å². The van der Waals surface area contributed by atoms with Gasteiger partial charge in [0.05, 0.1) is 0 Å². The number of phenolic OH excluding ortho intramolecular Hbond substituents is 1. The topological polar surface area (TPSA) is 81.8 Å². The summed E-state index contributed by atoms with van der Waals surface area (Å²) in [5.74, 6) is 0.729. The Morgan fingerprint density at radius 3 is 2.68 bits per heavy atom. The number of aromatic hydroxyl groups is 1. The zero-order valence-corrected chi connectivity index (χ0v) is 10.6. The number of nitrogens with zero attached hydrogens (tertiary/aromatic N) is 3. The third-order valence-corrected chi connectivity index (χ3v) is 2.60. The molecule has 0 unspecified atom stereocenters. The van der Waals surface area contributed by atoms with Crippen molar-refractivity contribution in [1.29, 1.82) is 5.26 Å². The van der Waals surface area contributed by atoms with Crippen LogP contribution in [0.15, 0.2) is 30.3 Å². The quantitative estimate of drug-likeness (QED) is 0.872. The number of aryl methyl sites for hydroxylation is 1. The van der Waals surface area contributed by atoms with Crippen LogP contribution in [0, 0.1) is 18.3 Å². The summed E-state index contributed by atoms with van der Waals surface area (Å²) in [6, 6.07) is 10.7. The average Bonchev–Trinajstić information content (AvgIpc) is 2.40. The number of phenols is 1. The molecule has 1 aromatic carbocycles. The highest BCUT2D eigenvalue weighted by Crippen LogP contribution is 2.10. The van der Waals surface area contributed by atoms with Crippen LogP contribution in [-0.2, 0) is 6.42 Å². The fourth-order valence-electron chi connectivity index (χ4n) is 1.69. The van der Waals surface area contributed by atoms with Crippen LogP contribution in [-0.4, -0.2) is 21.6 Å². The van der Waals surface area contributed by atoms with Crippen LogP contribution in [0.25, 0.3) is 0 Å². The van der Waals surface area contributed by atoms with Gasteiger partial charge in [0.25, 0.3) is 0 Å². The second-order valence-corrected chi connectivity index (χ2v) is 4.17. The molecule has 19 heavy (non-hydrogen) atoms. The lowest BCUT2D eigenvalue weighted by atomic mass is 10.1. The predicted octanol–water partition coefficient (Wildman–Crippen LogP) is 2.02. The van der Waals surface area contributed by atoms with Crippen LogP contribution >= 0.6 is 0 Å². The highest BCUT2D eigenvalue weighted by Gasteiger charge is 2.01. The van der Waals surface area contributed by atoms with E-state index < -0.39 is 0 Å². The molecule has 1 aromatic heterocycles. The minimum atomic E-state index is 0.261. The summed E-state index contributed by atoms with van der Waals surface area (Å²) in [6.07, 6.45) is 0.791. The standard InChI is InChI=1S/C14H14N4O/c1-10-8-12(9-15)18-14(17-10)16-7-6-11-2-4-13(19)5-3-11/h2-5,8,19H,6-7H2,1H3,(H,16,17,18).